The van der Waals surface area contributed by atoms with E-state index in [1.165, 1.54) is 6.07 Å². The van der Waals surface area contributed by atoms with Crippen LogP contribution in [-0.2, 0) is 14.6 Å². The van der Waals surface area contributed by atoms with Gasteiger partial charge < -0.3 is 10.4 Å². The molecule has 2 unspecified atom stereocenters. The molecule has 1 aliphatic rings. The van der Waals surface area contributed by atoms with Gasteiger partial charge >= 0.3 is 5.97 Å². The van der Waals surface area contributed by atoms with Crippen molar-refractivity contribution in [2.45, 2.75) is 23.1 Å². The van der Waals surface area contributed by atoms with Gasteiger partial charge in [-0.25, -0.2) is 8.42 Å². The van der Waals surface area contributed by atoms with Crippen LogP contribution in [0.2, 0.25) is 0 Å². The SMILES string of the molecule is CC1Nc2cc(Br)ccc2S(=O)(=O)C1C(=O)O. The summed E-state index contributed by atoms with van der Waals surface area (Å²) in [6.45, 7) is 1.54. The van der Waals surface area contributed by atoms with Gasteiger partial charge in [0, 0.05) is 4.47 Å². The van der Waals surface area contributed by atoms with Crippen LogP contribution in [-0.4, -0.2) is 30.8 Å². The van der Waals surface area contributed by atoms with Crippen molar-refractivity contribution in [2.24, 2.45) is 0 Å². The van der Waals surface area contributed by atoms with Crippen LogP contribution >= 0.6 is 15.9 Å². The molecule has 7 heteroatoms. The molecule has 0 saturated heterocycles. The van der Waals surface area contributed by atoms with E-state index < -0.39 is 27.1 Å². The number of hydrogen-bond acceptors (Lipinski definition) is 4. The third kappa shape index (κ3) is 1.93. The van der Waals surface area contributed by atoms with Crippen molar-refractivity contribution in [1.82, 2.24) is 0 Å². The predicted molar refractivity (Wildman–Crippen MR) is 65.8 cm³/mol. The predicted octanol–water partition coefficient (Wildman–Crippen LogP) is 1.49. The Bertz CT molecular complexity index is 584. The van der Waals surface area contributed by atoms with Gasteiger partial charge in [0.1, 0.15) is 0 Å². The molecular formula is C10H10BrNO4S. The molecule has 5 nitrogen and oxygen atoms in total. The number of anilines is 1. The fourth-order valence-corrected chi connectivity index (χ4v) is 4.12. The van der Waals surface area contributed by atoms with Crippen LogP contribution in [0.4, 0.5) is 5.69 Å². The molecule has 0 spiro atoms. The van der Waals surface area contributed by atoms with Gasteiger partial charge in [-0.2, -0.15) is 0 Å². The number of sulfone groups is 1. The first kappa shape index (κ1) is 12.4. The zero-order valence-corrected chi connectivity index (χ0v) is 11.2. The molecule has 0 amide bonds. The topological polar surface area (TPSA) is 83.5 Å². The van der Waals surface area contributed by atoms with Gasteiger partial charge in [0.25, 0.3) is 0 Å². The number of carbonyl (C=O) groups is 1. The number of halogens is 1. The molecule has 0 radical (unpaired) electrons. The third-order valence-electron chi connectivity index (χ3n) is 2.66. The average Bonchev–Trinajstić information content (AvgIpc) is 2.14. The second-order valence-electron chi connectivity index (χ2n) is 3.88. The molecule has 0 saturated carbocycles. The van der Waals surface area contributed by atoms with Gasteiger partial charge in [-0.15, -0.1) is 0 Å². The Hall–Kier alpha value is -1.08. The first-order valence-corrected chi connectivity index (χ1v) is 7.21. The highest BCUT2D eigenvalue weighted by Gasteiger charge is 2.43. The van der Waals surface area contributed by atoms with E-state index in [2.05, 4.69) is 21.2 Å². The standard InChI is InChI=1S/C10H10BrNO4S/c1-5-9(10(13)14)17(15,16)8-3-2-6(11)4-7(8)12-5/h2-5,9,12H,1H3,(H,13,14). The second-order valence-corrected chi connectivity index (χ2v) is 6.83. The van der Waals surface area contributed by atoms with Crippen molar-refractivity contribution in [3.63, 3.8) is 0 Å². The molecular weight excluding hydrogens is 310 g/mol. The normalized spacial score (nSPS) is 25.8. The molecule has 2 rings (SSSR count). The largest absolute Gasteiger partial charge is 0.480 e. The molecule has 2 N–H and O–H groups in total. The van der Waals surface area contributed by atoms with Crippen LogP contribution in [0.3, 0.4) is 0 Å². The van der Waals surface area contributed by atoms with Crippen LogP contribution in [0, 0.1) is 0 Å². The maximum absolute atomic E-state index is 12.1. The maximum Gasteiger partial charge on any atom is 0.324 e. The third-order valence-corrected chi connectivity index (χ3v) is 5.40. The van der Waals surface area contributed by atoms with E-state index in [1.807, 2.05) is 0 Å². The maximum atomic E-state index is 12.1. The number of rotatable bonds is 1. The fourth-order valence-electron chi connectivity index (χ4n) is 1.94. The summed E-state index contributed by atoms with van der Waals surface area (Å²) in [6.07, 6.45) is 0. The molecule has 0 aliphatic carbocycles. The van der Waals surface area contributed by atoms with Gasteiger partial charge in [0.15, 0.2) is 15.1 Å². The van der Waals surface area contributed by atoms with E-state index in [0.717, 1.165) is 4.47 Å². The molecule has 0 fully saturated rings. The van der Waals surface area contributed by atoms with Crippen LogP contribution < -0.4 is 5.32 Å². The Morgan fingerprint density at radius 2 is 2.12 bits per heavy atom. The Labute approximate surface area is 107 Å². The highest BCUT2D eigenvalue weighted by molar-refractivity contribution is 9.10. The highest BCUT2D eigenvalue weighted by Crippen LogP contribution is 2.34. The number of benzene rings is 1. The molecule has 1 heterocycles. The van der Waals surface area contributed by atoms with Gasteiger partial charge in [-0.1, -0.05) is 15.9 Å². The number of carboxylic acid groups (broad SMARTS) is 1. The Balaban J connectivity index is 2.66. The van der Waals surface area contributed by atoms with Crippen molar-refractivity contribution in [3.8, 4) is 0 Å². The van der Waals surface area contributed by atoms with Crippen molar-refractivity contribution in [1.29, 1.82) is 0 Å². The number of hydrogen-bond donors (Lipinski definition) is 2. The monoisotopic (exact) mass is 319 g/mol. The van der Waals surface area contributed by atoms with E-state index in [4.69, 9.17) is 5.11 Å². The van der Waals surface area contributed by atoms with Crippen molar-refractivity contribution >= 4 is 37.4 Å². The van der Waals surface area contributed by atoms with E-state index in [-0.39, 0.29) is 4.90 Å². The summed E-state index contributed by atoms with van der Waals surface area (Å²) in [4.78, 5) is 11.1. The minimum absolute atomic E-state index is 0.0335. The van der Waals surface area contributed by atoms with E-state index in [9.17, 15) is 13.2 Å². The van der Waals surface area contributed by atoms with Crippen molar-refractivity contribution in [3.05, 3.63) is 22.7 Å². The van der Waals surface area contributed by atoms with Crippen LogP contribution in [0.1, 0.15) is 6.92 Å². The highest BCUT2D eigenvalue weighted by atomic mass is 79.9. The van der Waals surface area contributed by atoms with Crippen LogP contribution in [0.25, 0.3) is 0 Å². The molecule has 0 aromatic heterocycles. The minimum Gasteiger partial charge on any atom is -0.480 e. The zero-order chi connectivity index (χ0) is 12.8. The first-order valence-electron chi connectivity index (χ1n) is 4.87. The van der Waals surface area contributed by atoms with E-state index in [1.54, 1.807) is 19.1 Å². The summed E-state index contributed by atoms with van der Waals surface area (Å²) in [5.74, 6) is -1.33. The lowest BCUT2D eigenvalue weighted by Crippen LogP contribution is -2.46. The van der Waals surface area contributed by atoms with Crippen molar-refractivity contribution in [2.75, 3.05) is 5.32 Å². The average molecular weight is 320 g/mol. The molecule has 2 atom stereocenters. The first-order chi connectivity index (χ1) is 7.84. The van der Waals surface area contributed by atoms with Gasteiger partial charge in [-0.3, -0.25) is 4.79 Å². The number of carboxylic acids is 1. The lowest BCUT2D eigenvalue weighted by Gasteiger charge is -2.29. The molecule has 1 aromatic carbocycles. The van der Waals surface area contributed by atoms with Crippen LogP contribution in [0.15, 0.2) is 27.6 Å². The second kappa shape index (κ2) is 3.99. The van der Waals surface area contributed by atoms with Gasteiger partial charge in [-0.05, 0) is 25.1 Å². The molecule has 0 bridgehead atoms. The molecule has 1 aromatic rings. The summed E-state index contributed by atoms with van der Waals surface area (Å²) in [7, 11) is -3.83. The van der Waals surface area contributed by atoms with Gasteiger partial charge in [0.05, 0.1) is 16.6 Å². The quantitative estimate of drug-likeness (QED) is 0.819. The number of nitrogens with one attached hydrogen (secondary N) is 1. The molecule has 1 aliphatic heterocycles. The summed E-state index contributed by atoms with van der Waals surface area (Å²) >= 11 is 3.24. The number of fused-ring (bicyclic) bond motifs is 1. The van der Waals surface area contributed by atoms with E-state index >= 15 is 0 Å². The summed E-state index contributed by atoms with van der Waals surface area (Å²) in [5.41, 5.74) is 0.435. The lowest BCUT2D eigenvalue weighted by molar-refractivity contribution is -0.136. The summed E-state index contributed by atoms with van der Waals surface area (Å²) < 4.78 is 25.0. The summed E-state index contributed by atoms with van der Waals surface area (Å²) in [5, 5.41) is 10.4. The van der Waals surface area contributed by atoms with E-state index in [0.29, 0.717) is 5.69 Å². The lowest BCUT2D eigenvalue weighted by atomic mass is 10.2. The molecule has 92 valence electrons. The zero-order valence-electron chi connectivity index (χ0n) is 8.84. The Kier molecular flexibility index (Phi) is 2.90. The smallest absolute Gasteiger partial charge is 0.324 e. The molecule has 17 heavy (non-hydrogen) atoms. The Morgan fingerprint density at radius 1 is 1.47 bits per heavy atom. The Morgan fingerprint density at radius 3 is 2.71 bits per heavy atom. The van der Waals surface area contributed by atoms with Gasteiger partial charge in [0.2, 0.25) is 0 Å². The fraction of sp³-hybridized carbons (Fsp3) is 0.300. The number of aliphatic carboxylic acids is 1. The van der Waals surface area contributed by atoms with Crippen LogP contribution in [0.5, 0.6) is 0 Å². The summed E-state index contributed by atoms with van der Waals surface area (Å²) in [6, 6.07) is 3.94. The van der Waals surface area contributed by atoms with Crippen molar-refractivity contribution < 1.29 is 18.3 Å². The minimum atomic E-state index is -3.83.